The van der Waals surface area contributed by atoms with Gasteiger partial charge in [-0.2, -0.15) is 0 Å². The normalized spacial score (nSPS) is 15.7. The SMILES string of the molecule is COc1cc(C=C2N=C(C)OC2=O)cc(I)c1OC(C)=O. The lowest BCUT2D eigenvalue weighted by atomic mass is 10.1. The minimum Gasteiger partial charge on any atom is -0.493 e. The summed E-state index contributed by atoms with van der Waals surface area (Å²) in [4.78, 5) is 26.6. The summed E-state index contributed by atoms with van der Waals surface area (Å²) >= 11 is 2.03. The Labute approximate surface area is 134 Å². The Morgan fingerprint density at radius 1 is 1.43 bits per heavy atom. The summed E-state index contributed by atoms with van der Waals surface area (Å²) < 4.78 is 15.9. The number of aliphatic imine (C=N–C) groups is 1. The summed E-state index contributed by atoms with van der Waals surface area (Å²) in [5.74, 6) is 0.129. The number of ether oxygens (including phenoxy) is 3. The molecule has 0 fully saturated rings. The van der Waals surface area contributed by atoms with Gasteiger partial charge < -0.3 is 14.2 Å². The molecule has 21 heavy (non-hydrogen) atoms. The van der Waals surface area contributed by atoms with Gasteiger partial charge in [-0.25, -0.2) is 9.79 Å². The summed E-state index contributed by atoms with van der Waals surface area (Å²) in [6.45, 7) is 2.92. The van der Waals surface area contributed by atoms with Crippen LogP contribution in [-0.2, 0) is 14.3 Å². The second-order valence-corrected chi connectivity index (χ2v) is 5.34. The van der Waals surface area contributed by atoms with Gasteiger partial charge >= 0.3 is 11.9 Å². The molecule has 0 aliphatic carbocycles. The molecular formula is C14H12INO5. The van der Waals surface area contributed by atoms with Gasteiger partial charge in [-0.3, -0.25) is 4.79 Å². The molecule has 0 bridgehead atoms. The first-order valence-electron chi connectivity index (χ1n) is 5.96. The molecule has 0 atom stereocenters. The van der Waals surface area contributed by atoms with E-state index in [-0.39, 0.29) is 5.70 Å². The van der Waals surface area contributed by atoms with Crippen molar-refractivity contribution in [3.05, 3.63) is 27.0 Å². The van der Waals surface area contributed by atoms with Gasteiger partial charge in [0.15, 0.2) is 23.1 Å². The molecule has 2 rings (SSSR count). The average molecular weight is 401 g/mol. The van der Waals surface area contributed by atoms with E-state index in [1.54, 1.807) is 25.1 Å². The number of nitrogens with zero attached hydrogens (tertiary/aromatic N) is 1. The van der Waals surface area contributed by atoms with Crippen LogP contribution in [-0.4, -0.2) is 24.9 Å². The molecule has 1 aliphatic heterocycles. The molecule has 0 saturated heterocycles. The van der Waals surface area contributed by atoms with E-state index >= 15 is 0 Å². The van der Waals surface area contributed by atoms with E-state index in [9.17, 15) is 9.59 Å². The smallest absolute Gasteiger partial charge is 0.363 e. The van der Waals surface area contributed by atoms with Crippen molar-refractivity contribution in [3.63, 3.8) is 0 Å². The molecule has 6 nitrogen and oxygen atoms in total. The van der Waals surface area contributed by atoms with Crippen molar-refractivity contribution in [1.29, 1.82) is 0 Å². The van der Waals surface area contributed by atoms with Gasteiger partial charge in [0.25, 0.3) is 0 Å². The highest BCUT2D eigenvalue weighted by Gasteiger charge is 2.20. The minimum absolute atomic E-state index is 0.214. The molecule has 1 aromatic carbocycles. The molecule has 0 saturated carbocycles. The monoisotopic (exact) mass is 401 g/mol. The summed E-state index contributed by atoms with van der Waals surface area (Å²) in [5.41, 5.74) is 0.906. The van der Waals surface area contributed by atoms with Crippen LogP contribution in [0.1, 0.15) is 19.4 Å². The molecule has 0 unspecified atom stereocenters. The van der Waals surface area contributed by atoms with Crippen LogP contribution in [0.4, 0.5) is 0 Å². The maximum absolute atomic E-state index is 11.5. The van der Waals surface area contributed by atoms with Crippen molar-refractivity contribution < 1.29 is 23.8 Å². The molecule has 1 heterocycles. The predicted molar refractivity (Wildman–Crippen MR) is 84.2 cm³/mol. The van der Waals surface area contributed by atoms with E-state index in [1.807, 2.05) is 22.6 Å². The Balaban J connectivity index is 2.43. The number of carbonyl (C=O) groups excluding carboxylic acids is 2. The fourth-order valence-electron chi connectivity index (χ4n) is 1.74. The second-order valence-electron chi connectivity index (χ2n) is 4.18. The van der Waals surface area contributed by atoms with Gasteiger partial charge in [-0.1, -0.05) is 0 Å². The lowest BCUT2D eigenvalue weighted by Crippen LogP contribution is -2.05. The number of carbonyl (C=O) groups is 2. The first-order valence-corrected chi connectivity index (χ1v) is 7.03. The predicted octanol–water partition coefficient (Wildman–Crippen LogP) is 2.54. The molecule has 0 N–H and O–H groups in total. The lowest BCUT2D eigenvalue weighted by molar-refractivity contribution is -0.132. The standard InChI is InChI=1S/C14H12INO5/c1-7-16-11(14(18)20-7)5-9-4-10(15)13(21-8(2)17)12(6-9)19-3/h4-6H,1-3H3. The van der Waals surface area contributed by atoms with Crippen LogP contribution >= 0.6 is 22.6 Å². The van der Waals surface area contributed by atoms with E-state index < -0.39 is 11.9 Å². The van der Waals surface area contributed by atoms with Gasteiger partial charge in [0.05, 0.1) is 10.7 Å². The molecule has 0 amide bonds. The van der Waals surface area contributed by atoms with E-state index in [4.69, 9.17) is 14.2 Å². The van der Waals surface area contributed by atoms with Crippen LogP contribution in [0.15, 0.2) is 22.8 Å². The van der Waals surface area contributed by atoms with Crippen LogP contribution in [0.5, 0.6) is 11.5 Å². The lowest BCUT2D eigenvalue weighted by Gasteiger charge is -2.11. The summed E-state index contributed by atoms with van der Waals surface area (Å²) in [6.07, 6.45) is 1.58. The number of rotatable bonds is 3. The van der Waals surface area contributed by atoms with Crippen molar-refractivity contribution in [3.8, 4) is 11.5 Å². The van der Waals surface area contributed by atoms with Crippen molar-refractivity contribution >= 4 is 46.5 Å². The summed E-state index contributed by atoms with van der Waals surface area (Å²) in [6, 6.07) is 3.41. The number of esters is 2. The summed E-state index contributed by atoms with van der Waals surface area (Å²) in [5, 5.41) is 0. The van der Waals surface area contributed by atoms with Crippen molar-refractivity contribution in [2.24, 2.45) is 4.99 Å². The largest absolute Gasteiger partial charge is 0.493 e. The number of hydrogen-bond donors (Lipinski definition) is 0. The van der Waals surface area contributed by atoms with Crippen molar-refractivity contribution in [2.75, 3.05) is 7.11 Å². The Bertz CT molecular complexity index is 678. The Morgan fingerprint density at radius 2 is 2.14 bits per heavy atom. The third-order valence-electron chi connectivity index (χ3n) is 2.53. The van der Waals surface area contributed by atoms with E-state index in [1.165, 1.54) is 14.0 Å². The molecule has 0 aromatic heterocycles. The van der Waals surface area contributed by atoms with Crippen LogP contribution in [0.3, 0.4) is 0 Å². The number of hydrogen-bond acceptors (Lipinski definition) is 6. The topological polar surface area (TPSA) is 74.2 Å². The zero-order valence-electron chi connectivity index (χ0n) is 11.6. The van der Waals surface area contributed by atoms with Crippen LogP contribution < -0.4 is 9.47 Å². The zero-order chi connectivity index (χ0) is 15.6. The van der Waals surface area contributed by atoms with Gasteiger partial charge in [0.2, 0.25) is 0 Å². The molecule has 1 aromatic rings. The molecule has 110 valence electrons. The quantitative estimate of drug-likeness (QED) is 0.337. The third-order valence-corrected chi connectivity index (χ3v) is 3.33. The fourth-order valence-corrected chi connectivity index (χ4v) is 2.47. The highest BCUT2D eigenvalue weighted by atomic mass is 127. The average Bonchev–Trinajstić information content (AvgIpc) is 2.70. The third kappa shape index (κ3) is 3.60. The Kier molecular flexibility index (Phi) is 4.61. The maximum atomic E-state index is 11.5. The molecular weight excluding hydrogens is 389 g/mol. The van der Waals surface area contributed by atoms with E-state index in [2.05, 4.69) is 4.99 Å². The zero-order valence-corrected chi connectivity index (χ0v) is 13.8. The number of halogens is 1. The van der Waals surface area contributed by atoms with E-state index in [0.29, 0.717) is 26.5 Å². The fraction of sp³-hybridized carbons (Fsp3) is 0.214. The number of methoxy groups -OCH3 is 1. The van der Waals surface area contributed by atoms with Crippen LogP contribution in [0.2, 0.25) is 0 Å². The highest BCUT2D eigenvalue weighted by molar-refractivity contribution is 14.1. The number of benzene rings is 1. The van der Waals surface area contributed by atoms with Gasteiger partial charge in [-0.05, 0) is 46.4 Å². The van der Waals surface area contributed by atoms with Crippen LogP contribution in [0.25, 0.3) is 6.08 Å². The van der Waals surface area contributed by atoms with E-state index in [0.717, 1.165) is 0 Å². The van der Waals surface area contributed by atoms with Gasteiger partial charge in [-0.15, -0.1) is 0 Å². The van der Waals surface area contributed by atoms with Gasteiger partial charge in [0, 0.05) is 13.8 Å². The maximum Gasteiger partial charge on any atom is 0.363 e. The molecule has 7 heteroatoms. The second kappa shape index (κ2) is 6.25. The first kappa shape index (κ1) is 15.5. The van der Waals surface area contributed by atoms with Crippen molar-refractivity contribution in [2.45, 2.75) is 13.8 Å². The molecule has 0 radical (unpaired) electrons. The molecule has 1 aliphatic rings. The Hall–Kier alpha value is -1.90. The molecule has 0 spiro atoms. The van der Waals surface area contributed by atoms with Crippen LogP contribution in [0, 0.1) is 3.57 Å². The highest BCUT2D eigenvalue weighted by Crippen LogP contribution is 2.35. The number of cyclic esters (lactones) is 1. The minimum atomic E-state index is -0.495. The van der Waals surface area contributed by atoms with Gasteiger partial charge in [0.1, 0.15) is 0 Å². The van der Waals surface area contributed by atoms with Crippen molar-refractivity contribution in [1.82, 2.24) is 0 Å². The summed E-state index contributed by atoms with van der Waals surface area (Å²) in [7, 11) is 1.47. The first-order chi connectivity index (χ1) is 9.90. The Morgan fingerprint density at radius 3 is 2.67 bits per heavy atom.